The van der Waals surface area contributed by atoms with Gasteiger partial charge in [0.2, 0.25) is 5.91 Å². The van der Waals surface area contributed by atoms with Crippen molar-refractivity contribution >= 4 is 5.91 Å². The van der Waals surface area contributed by atoms with E-state index >= 15 is 0 Å². The summed E-state index contributed by atoms with van der Waals surface area (Å²) >= 11 is 0. The number of carbonyl (C=O) groups is 1. The zero-order valence-electron chi connectivity index (χ0n) is 12.5. The lowest BCUT2D eigenvalue weighted by Gasteiger charge is -2.32. The predicted octanol–water partition coefficient (Wildman–Crippen LogP) is 2.12. The Morgan fingerprint density at radius 3 is 2.70 bits per heavy atom. The molecule has 1 amide bonds. The molecule has 0 radical (unpaired) electrons. The summed E-state index contributed by atoms with van der Waals surface area (Å²) in [5.41, 5.74) is 1.05. The number of hydrogen-bond donors (Lipinski definition) is 2. The van der Waals surface area contributed by atoms with E-state index in [0.717, 1.165) is 30.8 Å². The summed E-state index contributed by atoms with van der Waals surface area (Å²) in [4.78, 5) is 12.3. The Labute approximate surface area is 120 Å². The van der Waals surface area contributed by atoms with Gasteiger partial charge in [-0.1, -0.05) is 32.0 Å². The molecule has 20 heavy (non-hydrogen) atoms. The highest BCUT2D eigenvalue weighted by Crippen LogP contribution is 2.27. The summed E-state index contributed by atoms with van der Waals surface area (Å²) in [7, 11) is 1.66. The van der Waals surface area contributed by atoms with E-state index in [2.05, 4.69) is 17.6 Å². The van der Waals surface area contributed by atoms with Crippen LogP contribution in [0.1, 0.15) is 31.9 Å². The molecule has 2 atom stereocenters. The number of benzene rings is 1. The van der Waals surface area contributed by atoms with Crippen molar-refractivity contribution in [2.75, 3.05) is 20.2 Å². The number of para-hydroxylation sites is 1. The van der Waals surface area contributed by atoms with Gasteiger partial charge in [-0.3, -0.25) is 4.79 Å². The van der Waals surface area contributed by atoms with Gasteiger partial charge < -0.3 is 15.4 Å². The maximum absolute atomic E-state index is 12.3. The fourth-order valence-corrected chi connectivity index (χ4v) is 2.54. The van der Waals surface area contributed by atoms with Crippen LogP contribution < -0.4 is 15.4 Å². The molecule has 2 N–H and O–H groups in total. The lowest BCUT2D eigenvalue weighted by Crippen LogP contribution is -2.50. The predicted molar refractivity (Wildman–Crippen MR) is 79.7 cm³/mol. The average Bonchev–Trinajstić information content (AvgIpc) is 2.42. The molecule has 0 saturated carbocycles. The van der Waals surface area contributed by atoms with Crippen LogP contribution in [0.4, 0.5) is 0 Å². The minimum absolute atomic E-state index is 0.00846. The van der Waals surface area contributed by atoms with Crippen molar-refractivity contribution in [2.45, 2.75) is 26.3 Å². The molecular formula is C16H24N2O2. The van der Waals surface area contributed by atoms with Gasteiger partial charge in [-0.2, -0.15) is 0 Å². The van der Waals surface area contributed by atoms with E-state index in [1.54, 1.807) is 7.11 Å². The van der Waals surface area contributed by atoms with E-state index in [-0.39, 0.29) is 17.9 Å². The largest absolute Gasteiger partial charge is 0.496 e. The van der Waals surface area contributed by atoms with Crippen LogP contribution in [0.5, 0.6) is 5.75 Å². The molecule has 1 aromatic carbocycles. The van der Waals surface area contributed by atoms with E-state index in [1.165, 1.54) is 0 Å². The van der Waals surface area contributed by atoms with Crippen LogP contribution in [0.15, 0.2) is 24.3 Å². The molecule has 0 spiro atoms. The summed E-state index contributed by atoms with van der Waals surface area (Å²) in [5, 5.41) is 6.37. The highest BCUT2D eigenvalue weighted by atomic mass is 16.5. The number of amides is 1. The van der Waals surface area contributed by atoms with Crippen molar-refractivity contribution in [1.82, 2.24) is 10.6 Å². The molecule has 2 rings (SSSR count). The molecule has 1 fully saturated rings. The second-order valence-corrected chi connectivity index (χ2v) is 5.42. The normalized spacial score (nSPS) is 17.9. The van der Waals surface area contributed by atoms with Gasteiger partial charge in [-0.15, -0.1) is 0 Å². The third kappa shape index (κ3) is 3.12. The first-order valence-electron chi connectivity index (χ1n) is 7.31. The van der Waals surface area contributed by atoms with Crippen LogP contribution in [0, 0.1) is 11.8 Å². The minimum Gasteiger partial charge on any atom is -0.496 e. The van der Waals surface area contributed by atoms with E-state index in [0.29, 0.717) is 5.92 Å². The van der Waals surface area contributed by atoms with Gasteiger partial charge >= 0.3 is 0 Å². The first-order chi connectivity index (χ1) is 9.67. The second-order valence-electron chi connectivity index (χ2n) is 5.42. The first-order valence-corrected chi connectivity index (χ1v) is 7.31. The standard InChI is InChI=1S/C16H24N2O2/c1-4-14(13-7-5-6-8-15(13)20-3)18-16(19)11(2)12-9-17-10-12/h5-8,11-12,14,17H,4,9-10H2,1-3H3,(H,18,19). The number of nitrogens with one attached hydrogen (secondary N) is 2. The molecule has 1 heterocycles. The van der Waals surface area contributed by atoms with Crippen LogP contribution in [-0.2, 0) is 4.79 Å². The number of rotatable bonds is 6. The maximum Gasteiger partial charge on any atom is 0.223 e. The fourth-order valence-electron chi connectivity index (χ4n) is 2.54. The molecule has 110 valence electrons. The summed E-state index contributed by atoms with van der Waals surface area (Å²) in [6.07, 6.45) is 0.849. The molecule has 1 saturated heterocycles. The molecule has 0 aromatic heterocycles. The Morgan fingerprint density at radius 1 is 1.45 bits per heavy atom. The van der Waals surface area contributed by atoms with E-state index < -0.39 is 0 Å². The molecule has 1 aliphatic heterocycles. The van der Waals surface area contributed by atoms with E-state index in [4.69, 9.17) is 4.74 Å². The Bertz CT molecular complexity index is 458. The number of ether oxygens (including phenoxy) is 1. The molecular weight excluding hydrogens is 252 g/mol. The molecule has 0 aliphatic carbocycles. The molecule has 2 unspecified atom stereocenters. The van der Waals surface area contributed by atoms with Crippen molar-refractivity contribution < 1.29 is 9.53 Å². The molecule has 4 heteroatoms. The highest BCUT2D eigenvalue weighted by Gasteiger charge is 2.30. The van der Waals surface area contributed by atoms with Crippen LogP contribution in [0.3, 0.4) is 0 Å². The monoisotopic (exact) mass is 276 g/mol. The summed E-state index contributed by atoms with van der Waals surface area (Å²) in [6.45, 7) is 5.98. The van der Waals surface area contributed by atoms with Crippen molar-refractivity contribution in [3.63, 3.8) is 0 Å². The Kier molecular flexibility index (Phi) is 5.01. The summed E-state index contributed by atoms with van der Waals surface area (Å²) in [5.74, 6) is 1.48. The summed E-state index contributed by atoms with van der Waals surface area (Å²) < 4.78 is 5.39. The Hall–Kier alpha value is -1.55. The fraction of sp³-hybridized carbons (Fsp3) is 0.562. The van der Waals surface area contributed by atoms with Crippen LogP contribution in [0.25, 0.3) is 0 Å². The third-order valence-electron chi connectivity index (χ3n) is 4.17. The van der Waals surface area contributed by atoms with Crippen molar-refractivity contribution in [3.05, 3.63) is 29.8 Å². The van der Waals surface area contributed by atoms with E-state index in [1.807, 2.05) is 31.2 Å². The molecule has 1 aliphatic rings. The number of hydrogen-bond acceptors (Lipinski definition) is 3. The SMILES string of the molecule is CCC(NC(=O)C(C)C1CNC1)c1ccccc1OC. The van der Waals surface area contributed by atoms with Gasteiger partial charge in [0.1, 0.15) is 5.75 Å². The average molecular weight is 276 g/mol. The van der Waals surface area contributed by atoms with Gasteiger partial charge in [-0.05, 0) is 31.5 Å². The minimum atomic E-state index is 0.00846. The zero-order chi connectivity index (χ0) is 14.5. The zero-order valence-corrected chi connectivity index (χ0v) is 12.5. The molecule has 0 bridgehead atoms. The lowest BCUT2D eigenvalue weighted by molar-refractivity contribution is -0.127. The number of methoxy groups -OCH3 is 1. The van der Waals surface area contributed by atoms with Crippen molar-refractivity contribution in [2.24, 2.45) is 11.8 Å². The van der Waals surface area contributed by atoms with Crippen molar-refractivity contribution in [3.8, 4) is 5.75 Å². The third-order valence-corrected chi connectivity index (χ3v) is 4.17. The first kappa shape index (κ1) is 14.9. The molecule has 1 aromatic rings. The van der Waals surface area contributed by atoms with Crippen molar-refractivity contribution in [1.29, 1.82) is 0 Å². The van der Waals surface area contributed by atoms with Crippen LogP contribution in [0.2, 0.25) is 0 Å². The lowest BCUT2D eigenvalue weighted by atomic mass is 9.88. The van der Waals surface area contributed by atoms with E-state index in [9.17, 15) is 4.79 Å². The Balaban J connectivity index is 2.06. The van der Waals surface area contributed by atoms with Gasteiger partial charge in [0.05, 0.1) is 13.2 Å². The van der Waals surface area contributed by atoms with Gasteiger partial charge in [0, 0.05) is 11.5 Å². The quantitative estimate of drug-likeness (QED) is 0.837. The van der Waals surface area contributed by atoms with Gasteiger partial charge in [0.25, 0.3) is 0 Å². The second kappa shape index (κ2) is 6.75. The smallest absolute Gasteiger partial charge is 0.223 e. The van der Waals surface area contributed by atoms with Gasteiger partial charge in [-0.25, -0.2) is 0 Å². The topological polar surface area (TPSA) is 50.4 Å². The summed E-state index contributed by atoms with van der Waals surface area (Å²) in [6, 6.07) is 7.88. The molecule has 4 nitrogen and oxygen atoms in total. The van der Waals surface area contributed by atoms with Crippen LogP contribution >= 0.6 is 0 Å². The van der Waals surface area contributed by atoms with Crippen LogP contribution in [-0.4, -0.2) is 26.1 Å². The highest BCUT2D eigenvalue weighted by molar-refractivity contribution is 5.79. The Morgan fingerprint density at radius 2 is 2.15 bits per heavy atom. The number of carbonyl (C=O) groups excluding carboxylic acids is 1. The van der Waals surface area contributed by atoms with Gasteiger partial charge in [0.15, 0.2) is 0 Å². The maximum atomic E-state index is 12.3.